The summed E-state index contributed by atoms with van der Waals surface area (Å²) < 4.78 is 64.6. The summed E-state index contributed by atoms with van der Waals surface area (Å²) in [5, 5.41) is 14.4. The lowest BCUT2D eigenvalue weighted by molar-refractivity contribution is -0.242. The quantitative estimate of drug-likeness (QED) is 0.467. The van der Waals surface area contributed by atoms with Gasteiger partial charge in [-0.2, -0.15) is 13.2 Å². The van der Waals surface area contributed by atoms with Crippen LogP contribution in [0.1, 0.15) is 26.7 Å². The zero-order valence-corrected chi connectivity index (χ0v) is 20.8. The zero-order chi connectivity index (χ0) is 26.0. The first kappa shape index (κ1) is 27.3. The number of likely N-dealkylation sites (N-methyl/N-ethyl adjacent to an activating group) is 1. The minimum absolute atomic E-state index is 0.00644. The Morgan fingerprint density at radius 2 is 1.80 bits per heavy atom. The van der Waals surface area contributed by atoms with Crippen molar-refractivity contribution in [2.45, 2.75) is 54.3 Å². The maximum Gasteiger partial charge on any atom is 0.426 e. The Labute approximate surface area is 207 Å². The Hall–Kier alpha value is -2.34. The fraction of sp³-hybridized carbons (Fsp3) is 0.435. The van der Waals surface area contributed by atoms with Gasteiger partial charge in [-0.15, -0.1) is 0 Å². The monoisotopic (exact) mass is 533 g/mol. The third kappa shape index (κ3) is 5.91. The largest absolute Gasteiger partial charge is 0.426 e. The van der Waals surface area contributed by atoms with Crippen LogP contribution in [0.4, 0.5) is 24.5 Å². The molecule has 12 heteroatoms. The average Bonchev–Trinajstić information content (AvgIpc) is 3.26. The summed E-state index contributed by atoms with van der Waals surface area (Å²) in [5.41, 5.74) is -3.14. The highest BCUT2D eigenvalue weighted by atomic mass is 35.5. The van der Waals surface area contributed by atoms with Gasteiger partial charge < -0.3 is 15.7 Å². The maximum atomic E-state index is 13.0. The van der Waals surface area contributed by atoms with Gasteiger partial charge in [0.05, 0.1) is 20.5 Å². The summed E-state index contributed by atoms with van der Waals surface area (Å²) in [4.78, 5) is 14.1. The van der Waals surface area contributed by atoms with Crippen molar-refractivity contribution < 1.29 is 31.5 Å². The topological polar surface area (TPSA) is 98.7 Å². The molecule has 1 aliphatic rings. The maximum absolute atomic E-state index is 13.0. The molecule has 0 radical (unpaired) electrons. The van der Waals surface area contributed by atoms with Gasteiger partial charge in [0.2, 0.25) is 15.4 Å². The van der Waals surface area contributed by atoms with Crippen molar-refractivity contribution in [1.82, 2.24) is 4.90 Å². The molecule has 3 rings (SSSR count). The number of likely N-dealkylation sites (tertiary alicyclic amines) is 1. The van der Waals surface area contributed by atoms with Crippen LogP contribution in [0.15, 0.2) is 52.3 Å². The van der Waals surface area contributed by atoms with E-state index >= 15 is 0 Å². The van der Waals surface area contributed by atoms with Gasteiger partial charge >= 0.3 is 6.18 Å². The summed E-state index contributed by atoms with van der Waals surface area (Å²) in [6.45, 7) is 5.24. The summed E-state index contributed by atoms with van der Waals surface area (Å²) in [6, 6.07) is 9.87. The van der Waals surface area contributed by atoms with E-state index in [-0.39, 0.29) is 20.5 Å². The van der Waals surface area contributed by atoms with Crippen LogP contribution in [-0.2, 0) is 14.6 Å². The van der Waals surface area contributed by atoms with E-state index in [1.54, 1.807) is 12.1 Å². The first-order valence-corrected chi connectivity index (χ1v) is 12.9. The molecular formula is C23H27ClF3N3O4S. The number of aliphatic hydroxyl groups is 1. The van der Waals surface area contributed by atoms with Crippen LogP contribution in [0, 0.1) is 0 Å². The lowest BCUT2D eigenvalue weighted by atomic mass is 10.1. The van der Waals surface area contributed by atoms with E-state index in [0.717, 1.165) is 56.4 Å². The van der Waals surface area contributed by atoms with Gasteiger partial charge in [-0.3, -0.25) is 9.69 Å². The predicted octanol–water partition coefficient (Wildman–Crippen LogP) is 4.32. The highest BCUT2D eigenvalue weighted by Crippen LogP contribution is 2.33. The molecule has 35 heavy (non-hydrogen) atoms. The Bertz CT molecular complexity index is 1170. The van der Waals surface area contributed by atoms with Crippen molar-refractivity contribution in [2.75, 3.05) is 30.3 Å². The van der Waals surface area contributed by atoms with E-state index in [0.29, 0.717) is 13.0 Å². The van der Waals surface area contributed by atoms with Gasteiger partial charge in [0, 0.05) is 18.3 Å². The van der Waals surface area contributed by atoms with E-state index in [1.165, 1.54) is 12.1 Å². The van der Waals surface area contributed by atoms with Gasteiger partial charge in [-0.1, -0.05) is 18.5 Å². The Balaban J connectivity index is 1.71. The summed E-state index contributed by atoms with van der Waals surface area (Å²) in [6.07, 6.45) is -2.94. The third-order valence-electron chi connectivity index (χ3n) is 6.10. The lowest BCUT2D eigenvalue weighted by Crippen LogP contribution is -2.52. The number of hydrogen-bond acceptors (Lipinski definition) is 6. The number of alkyl halides is 3. The Kier molecular flexibility index (Phi) is 8.05. The van der Waals surface area contributed by atoms with Crippen LogP contribution in [-0.4, -0.2) is 61.8 Å². The molecule has 3 N–H and O–H groups in total. The molecule has 1 unspecified atom stereocenters. The number of sulfone groups is 1. The van der Waals surface area contributed by atoms with Crippen molar-refractivity contribution in [3.8, 4) is 0 Å². The second-order valence-electron chi connectivity index (χ2n) is 8.50. The van der Waals surface area contributed by atoms with Crippen molar-refractivity contribution in [1.29, 1.82) is 0 Å². The molecule has 1 heterocycles. The van der Waals surface area contributed by atoms with E-state index in [1.807, 2.05) is 5.32 Å². The van der Waals surface area contributed by atoms with E-state index < -0.39 is 27.5 Å². The summed E-state index contributed by atoms with van der Waals surface area (Å²) >= 11 is 6.03. The molecule has 0 bridgehead atoms. The minimum Gasteiger partial charge on any atom is -0.383 e. The van der Waals surface area contributed by atoms with Gasteiger partial charge in [-0.05, 0) is 75.3 Å². The average molecular weight is 534 g/mol. The van der Waals surface area contributed by atoms with Crippen molar-refractivity contribution in [3.05, 3.63) is 47.5 Å². The van der Waals surface area contributed by atoms with Gasteiger partial charge in [0.25, 0.3) is 5.91 Å². The standard InChI is InChI=1S/C23H27ClF3N3O4S/c1-3-30-12-4-5-16(30)14-28-15-6-8-17(9-7-15)35(33,34)18-10-11-20(19(24)13-18)29-21(31)22(2,32)23(25,26)27/h6-11,13,16,28,32H,3-5,12,14H2,1-2H3,(H,29,31)/t16?,22-/m1/s1. The molecular weight excluding hydrogens is 507 g/mol. The smallest absolute Gasteiger partial charge is 0.383 e. The number of halogens is 4. The van der Waals surface area contributed by atoms with Crippen LogP contribution in [0.3, 0.4) is 0 Å². The molecule has 1 saturated heterocycles. The molecule has 0 aromatic heterocycles. The number of nitrogens with one attached hydrogen (secondary N) is 2. The number of nitrogens with zero attached hydrogens (tertiary/aromatic N) is 1. The molecule has 1 amide bonds. The minimum atomic E-state index is -5.21. The van der Waals surface area contributed by atoms with Crippen molar-refractivity contribution >= 4 is 38.7 Å². The lowest BCUT2D eigenvalue weighted by Gasteiger charge is -2.25. The van der Waals surface area contributed by atoms with Crippen molar-refractivity contribution in [3.63, 3.8) is 0 Å². The van der Waals surface area contributed by atoms with E-state index in [2.05, 4.69) is 17.1 Å². The number of amides is 1. The SMILES string of the molecule is CCN1CCCC1CNc1ccc(S(=O)(=O)c2ccc(NC(=O)[C@@](C)(O)C(F)(F)F)c(Cl)c2)cc1. The number of carbonyl (C=O) groups excluding carboxylic acids is 1. The number of benzene rings is 2. The Morgan fingerprint density at radius 1 is 1.17 bits per heavy atom. The normalized spacial score (nSPS) is 18.8. The van der Waals surface area contributed by atoms with Crippen LogP contribution in [0.5, 0.6) is 0 Å². The van der Waals surface area contributed by atoms with Crippen LogP contribution < -0.4 is 10.6 Å². The number of carbonyl (C=O) groups is 1. The second kappa shape index (κ2) is 10.3. The van der Waals surface area contributed by atoms with E-state index in [4.69, 9.17) is 11.6 Å². The number of anilines is 2. The summed E-state index contributed by atoms with van der Waals surface area (Å²) in [5.74, 6) is -1.75. The van der Waals surface area contributed by atoms with Gasteiger partial charge in [-0.25, -0.2) is 8.42 Å². The molecule has 2 aromatic carbocycles. The number of hydrogen-bond donors (Lipinski definition) is 3. The molecule has 1 fully saturated rings. The molecule has 2 aromatic rings. The van der Waals surface area contributed by atoms with E-state index in [9.17, 15) is 31.5 Å². The molecule has 0 saturated carbocycles. The fourth-order valence-corrected chi connectivity index (χ4v) is 5.38. The molecule has 2 atom stereocenters. The Morgan fingerprint density at radius 3 is 2.37 bits per heavy atom. The first-order valence-electron chi connectivity index (χ1n) is 11.0. The molecule has 7 nitrogen and oxygen atoms in total. The van der Waals surface area contributed by atoms with Crippen LogP contribution in [0.25, 0.3) is 0 Å². The molecule has 192 valence electrons. The predicted molar refractivity (Wildman–Crippen MR) is 127 cm³/mol. The van der Waals surface area contributed by atoms with Crippen LogP contribution in [0.2, 0.25) is 5.02 Å². The zero-order valence-electron chi connectivity index (χ0n) is 19.2. The van der Waals surface area contributed by atoms with Gasteiger partial charge in [0.1, 0.15) is 0 Å². The fourth-order valence-electron chi connectivity index (χ4n) is 3.80. The highest BCUT2D eigenvalue weighted by molar-refractivity contribution is 7.91. The van der Waals surface area contributed by atoms with Gasteiger partial charge in [0.15, 0.2) is 0 Å². The van der Waals surface area contributed by atoms with Crippen molar-refractivity contribution in [2.24, 2.45) is 0 Å². The van der Waals surface area contributed by atoms with Crippen LogP contribution >= 0.6 is 11.6 Å². The second-order valence-corrected chi connectivity index (χ2v) is 10.9. The highest BCUT2D eigenvalue weighted by Gasteiger charge is 2.55. The molecule has 0 aliphatic carbocycles. The first-order chi connectivity index (χ1) is 16.3. The summed E-state index contributed by atoms with van der Waals surface area (Å²) in [7, 11) is -3.98. The number of rotatable bonds is 8. The third-order valence-corrected chi connectivity index (χ3v) is 8.18. The molecule has 0 spiro atoms. The molecule has 1 aliphatic heterocycles.